The molecule has 2 aromatic heterocycles. The van der Waals surface area contributed by atoms with Crippen molar-refractivity contribution in [3.05, 3.63) is 29.6 Å². The number of aromatic amines is 1. The van der Waals surface area contributed by atoms with Crippen molar-refractivity contribution in [2.24, 2.45) is 0 Å². The van der Waals surface area contributed by atoms with Crippen molar-refractivity contribution >= 4 is 11.0 Å². The molecule has 0 saturated heterocycles. The molecule has 1 N–H and O–H groups in total. The summed E-state index contributed by atoms with van der Waals surface area (Å²) in [5, 5.41) is 1.30. The Morgan fingerprint density at radius 1 is 1.40 bits per heavy atom. The van der Waals surface area contributed by atoms with Gasteiger partial charge in [0.2, 0.25) is 0 Å². The first-order valence-electron chi connectivity index (χ1n) is 5.36. The van der Waals surface area contributed by atoms with E-state index < -0.39 is 0 Å². The molecular weight excluding hydrogens is 186 g/mol. The molecule has 78 valence electrons. The van der Waals surface area contributed by atoms with E-state index in [-0.39, 0.29) is 0 Å². The lowest BCUT2D eigenvalue weighted by atomic mass is 10.1. The number of hydrogen-bond acceptors (Lipinski definition) is 2. The van der Waals surface area contributed by atoms with Gasteiger partial charge in [0, 0.05) is 29.7 Å². The second kappa shape index (κ2) is 3.07. The fraction of sp³-hybridized carbons (Fsp3) is 0.417. The van der Waals surface area contributed by atoms with Gasteiger partial charge in [-0.3, -0.25) is 0 Å². The van der Waals surface area contributed by atoms with E-state index in [0.29, 0.717) is 6.04 Å². The van der Waals surface area contributed by atoms with E-state index in [2.05, 4.69) is 35.0 Å². The van der Waals surface area contributed by atoms with Crippen LogP contribution in [0.4, 0.5) is 0 Å². The number of fused-ring (bicyclic) bond motifs is 3. The fourth-order valence-corrected chi connectivity index (χ4v) is 2.45. The van der Waals surface area contributed by atoms with Gasteiger partial charge in [-0.2, -0.15) is 0 Å². The highest BCUT2D eigenvalue weighted by atomic mass is 15.1. The first-order valence-corrected chi connectivity index (χ1v) is 5.36. The van der Waals surface area contributed by atoms with Crippen LogP contribution < -0.4 is 0 Å². The average molecular weight is 201 g/mol. The highest BCUT2D eigenvalue weighted by Crippen LogP contribution is 2.30. The van der Waals surface area contributed by atoms with Crippen molar-refractivity contribution in [1.82, 2.24) is 14.9 Å². The summed E-state index contributed by atoms with van der Waals surface area (Å²) in [5.41, 5.74) is 3.89. The van der Waals surface area contributed by atoms with Crippen LogP contribution in [-0.4, -0.2) is 35.0 Å². The van der Waals surface area contributed by atoms with Gasteiger partial charge in [-0.05, 0) is 38.2 Å². The number of aromatic nitrogens is 2. The van der Waals surface area contributed by atoms with Gasteiger partial charge >= 0.3 is 0 Å². The highest BCUT2D eigenvalue weighted by Gasteiger charge is 2.26. The van der Waals surface area contributed by atoms with Crippen molar-refractivity contribution < 1.29 is 0 Å². The highest BCUT2D eigenvalue weighted by molar-refractivity contribution is 5.82. The molecule has 15 heavy (non-hydrogen) atoms. The average Bonchev–Trinajstić information content (AvgIpc) is 2.73. The van der Waals surface area contributed by atoms with Crippen LogP contribution in [0.2, 0.25) is 0 Å². The Morgan fingerprint density at radius 2 is 2.27 bits per heavy atom. The summed E-state index contributed by atoms with van der Waals surface area (Å²) in [4.78, 5) is 10.1. The summed E-state index contributed by atoms with van der Waals surface area (Å²) < 4.78 is 0. The zero-order valence-corrected chi connectivity index (χ0v) is 9.12. The van der Waals surface area contributed by atoms with Gasteiger partial charge in [0.25, 0.3) is 0 Å². The lowest BCUT2D eigenvalue weighted by molar-refractivity contribution is 0.303. The van der Waals surface area contributed by atoms with E-state index in [0.717, 1.165) is 18.5 Å². The summed E-state index contributed by atoms with van der Waals surface area (Å²) in [6, 6.07) is 4.82. The number of likely N-dealkylation sites (N-methyl/N-ethyl adjacent to an activating group) is 1. The maximum Gasteiger partial charge on any atom is 0.137 e. The van der Waals surface area contributed by atoms with Crippen molar-refractivity contribution in [3.63, 3.8) is 0 Å². The molecule has 1 aliphatic carbocycles. The molecule has 0 aliphatic heterocycles. The normalized spacial score (nSPS) is 20.1. The van der Waals surface area contributed by atoms with Gasteiger partial charge < -0.3 is 9.88 Å². The van der Waals surface area contributed by atoms with Crippen molar-refractivity contribution in [1.29, 1.82) is 0 Å². The molecule has 0 amide bonds. The number of nitrogens with zero attached hydrogens (tertiary/aromatic N) is 2. The molecule has 0 radical (unpaired) electrons. The van der Waals surface area contributed by atoms with Crippen molar-refractivity contribution in [2.75, 3.05) is 14.1 Å². The SMILES string of the molecule is CN(C)[C@H]1Cc2[nH]c3ncccc3c2C1. The first kappa shape index (κ1) is 8.92. The van der Waals surface area contributed by atoms with E-state index in [1.165, 1.54) is 16.6 Å². The van der Waals surface area contributed by atoms with Crippen LogP contribution in [0.3, 0.4) is 0 Å². The van der Waals surface area contributed by atoms with Crippen LogP contribution in [0, 0.1) is 0 Å². The van der Waals surface area contributed by atoms with E-state index >= 15 is 0 Å². The van der Waals surface area contributed by atoms with Crippen LogP contribution in [-0.2, 0) is 12.8 Å². The molecule has 3 nitrogen and oxygen atoms in total. The van der Waals surface area contributed by atoms with Crippen LogP contribution in [0.5, 0.6) is 0 Å². The molecule has 0 aromatic carbocycles. The molecule has 1 atom stereocenters. The van der Waals surface area contributed by atoms with Gasteiger partial charge in [-0.25, -0.2) is 4.98 Å². The summed E-state index contributed by atoms with van der Waals surface area (Å²) >= 11 is 0. The molecule has 0 spiro atoms. The quantitative estimate of drug-likeness (QED) is 0.760. The fourth-order valence-electron chi connectivity index (χ4n) is 2.45. The maximum atomic E-state index is 4.35. The monoisotopic (exact) mass is 201 g/mol. The molecule has 0 bridgehead atoms. The largest absolute Gasteiger partial charge is 0.343 e. The van der Waals surface area contributed by atoms with Crippen LogP contribution in [0.1, 0.15) is 11.3 Å². The zero-order valence-electron chi connectivity index (χ0n) is 9.12. The van der Waals surface area contributed by atoms with Crippen molar-refractivity contribution in [3.8, 4) is 0 Å². The third-order valence-electron chi connectivity index (χ3n) is 3.38. The molecule has 2 aromatic rings. The predicted molar refractivity (Wildman–Crippen MR) is 61.0 cm³/mol. The Kier molecular flexibility index (Phi) is 1.83. The third kappa shape index (κ3) is 1.27. The summed E-state index contributed by atoms with van der Waals surface area (Å²) in [6.45, 7) is 0. The topological polar surface area (TPSA) is 31.9 Å². The molecular formula is C12H15N3. The first-order chi connectivity index (χ1) is 7.25. The summed E-state index contributed by atoms with van der Waals surface area (Å²) in [5.74, 6) is 0. The summed E-state index contributed by atoms with van der Waals surface area (Å²) in [6.07, 6.45) is 4.12. The standard InChI is InChI=1S/C12H15N3/c1-15(2)8-6-10-9-4-3-5-13-12(9)14-11(10)7-8/h3-5,8H,6-7H2,1-2H3,(H,13,14)/t8-/m1/s1. The second-order valence-corrected chi connectivity index (χ2v) is 4.51. The Balaban J connectivity index is 2.08. The van der Waals surface area contributed by atoms with Crippen LogP contribution >= 0.6 is 0 Å². The Bertz CT molecular complexity index is 499. The van der Waals surface area contributed by atoms with E-state index in [1.807, 2.05) is 12.3 Å². The van der Waals surface area contributed by atoms with E-state index in [4.69, 9.17) is 0 Å². The van der Waals surface area contributed by atoms with Gasteiger partial charge in [0.05, 0.1) is 0 Å². The lowest BCUT2D eigenvalue weighted by Crippen LogP contribution is -2.28. The Hall–Kier alpha value is -1.35. The molecule has 3 heteroatoms. The predicted octanol–water partition coefficient (Wildman–Crippen LogP) is 1.59. The van der Waals surface area contributed by atoms with E-state index in [9.17, 15) is 0 Å². The minimum Gasteiger partial charge on any atom is -0.343 e. The minimum absolute atomic E-state index is 0.649. The number of nitrogens with one attached hydrogen (secondary N) is 1. The van der Waals surface area contributed by atoms with E-state index in [1.54, 1.807) is 0 Å². The van der Waals surface area contributed by atoms with Crippen LogP contribution in [0.15, 0.2) is 18.3 Å². The number of hydrogen-bond donors (Lipinski definition) is 1. The number of H-pyrrole nitrogens is 1. The second-order valence-electron chi connectivity index (χ2n) is 4.51. The van der Waals surface area contributed by atoms with Crippen LogP contribution in [0.25, 0.3) is 11.0 Å². The van der Waals surface area contributed by atoms with Crippen molar-refractivity contribution in [2.45, 2.75) is 18.9 Å². The zero-order chi connectivity index (χ0) is 10.4. The summed E-state index contributed by atoms with van der Waals surface area (Å²) in [7, 11) is 4.30. The number of pyridine rings is 1. The van der Waals surface area contributed by atoms with Gasteiger partial charge in [-0.1, -0.05) is 0 Å². The van der Waals surface area contributed by atoms with Gasteiger partial charge in [0.1, 0.15) is 5.65 Å². The Morgan fingerprint density at radius 3 is 3.07 bits per heavy atom. The smallest absolute Gasteiger partial charge is 0.137 e. The minimum atomic E-state index is 0.649. The Labute approximate surface area is 89.1 Å². The third-order valence-corrected chi connectivity index (χ3v) is 3.38. The maximum absolute atomic E-state index is 4.35. The van der Waals surface area contributed by atoms with Gasteiger partial charge in [-0.15, -0.1) is 0 Å². The number of rotatable bonds is 1. The molecule has 2 heterocycles. The molecule has 0 unspecified atom stereocenters. The lowest BCUT2D eigenvalue weighted by Gasteiger charge is -2.18. The van der Waals surface area contributed by atoms with Gasteiger partial charge in [0.15, 0.2) is 0 Å². The molecule has 3 rings (SSSR count). The molecule has 1 aliphatic rings. The molecule has 0 fully saturated rings. The molecule has 0 saturated carbocycles.